The second-order valence-electron chi connectivity index (χ2n) is 9.18. The van der Waals surface area contributed by atoms with Crippen LogP contribution in [0.4, 0.5) is 0 Å². The van der Waals surface area contributed by atoms with E-state index in [0.717, 1.165) is 68.8 Å². The minimum Gasteiger partial charge on any atom is -0.288 e. The fourth-order valence-electron chi connectivity index (χ4n) is 4.82. The zero-order chi connectivity index (χ0) is 25.0. The van der Waals surface area contributed by atoms with Gasteiger partial charge in [-0.15, -0.1) is 0 Å². The van der Waals surface area contributed by atoms with E-state index in [1.807, 2.05) is 18.2 Å². The molecule has 0 heterocycles. The quantitative estimate of drug-likeness (QED) is 0.234. The average molecular weight is 464 g/mol. The highest BCUT2D eigenvalue weighted by Crippen LogP contribution is 2.53. The van der Waals surface area contributed by atoms with Crippen molar-refractivity contribution in [2.45, 2.75) is 66.6 Å². The Labute approximate surface area is 208 Å². The van der Waals surface area contributed by atoms with Crippen LogP contribution in [0.25, 0.3) is 5.31 Å². The van der Waals surface area contributed by atoms with Gasteiger partial charge < -0.3 is 0 Å². The maximum absolute atomic E-state index is 14.2. The number of rotatable bonds is 9. The summed E-state index contributed by atoms with van der Waals surface area (Å²) >= 11 is 0. The van der Waals surface area contributed by atoms with Gasteiger partial charge in [0.05, 0.1) is 7.85 Å². The van der Waals surface area contributed by atoms with Crippen molar-refractivity contribution in [3.8, 4) is 0 Å². The average Bonchev–Trinajstić information content (AvgIpc) is 2.78. The molecule has 0 spiro atoms. The van der Waals surface area contributed by atoms with Gasteiger partial charge in [-0.1, -0.05) is 81.0 Å². The maximum atomic E-state index is 14.2. The van der Waals surface area contributed by atoms with Crippen molar-refractivity contribution in [1.82, 2.24) is 0 Å². The van der Waals surface area contributed by atoms with Crippen LogP contribution in [-0.2, 0) is 6.42 Å². The van der Waals surface area contributed by atoms with Crippen molar-refractivity contribution >= 4 is 31.9 Å². The van der Waals surface area contributed by atoms with Gasteiger partial charge in [0.25, 0.3) is 0 Å². The van der Waals surface area contributed by atoms with E-state index < -0.39 is 7.92 Å². The summed E-state index contributed by atoms with van der Waals surface area (Å²) in [6.07, 6.45) is 2.99. The molecule has 0 N–H and O–H groups in total. The van der Waals surface area contributed by atoms with Crippen LogP contribution in [0.3, 0.4) is 0 Å². The molecule has 0 aliphatic carbocycles. The summed E-state index contributed by atoms with van der Waals surface area (Å²) in [5.74, 6) is 0.00838. The first-order valence-electron chi connectivity index (χ1n) is 12.1. The van der Waals surface area contributed by atoms with Crippen LogP contribution in [0.1, 0.15) is 81.8 Å². The molecule has 0 aromatic heterocycles. The molecule has 0 aliphatic rings. The lowest BCUT2D eigenvalue weighted by atomic mass is 9.77. The minimum absolute atomic E-state index is 0.00838. The molecule has 3 aromatic rings. The zero-order valence-electron chi connectivity index (χ0n) is 21.4. The molecule has 0 aliphatic heterocycles. The maximum Gasteiger partial charge on any atom is 0.193 e. The first-order valence-corrected chi connectivity index (χ1v) is 13.4. The molecule has 0 bridgehead atoms. The van der Waals surface area contributed by atoms with Crippen molar-refractivity contribution in [1.29, 1.82) is 0 Å². The Balaban J connectivity index is 2.14. The standard InChI is InChI=1S/C31H34BOP/c1-8-13-25-16-20(3)30(21(4)17-25)31(33)34(27-14-11-10-12-15-27)24(7)29-22(5)18-26(19-23(29)6)28(32)9-2/h11,14-19,28H,7-9,13H2,1-6H3. The van der Waals surface area contributed by atoms with Crippen LogP contribution in [-0.4, -0.2) is 13.4 Å². The van der Waals surface area contributed by atoms with E-state index in [-0.39, 0.29) is 11.3 Å². The lowest BCUT2D eigenvalue weighted by molar-refractivity contribution is 0.108. The van der Waals surface area contributed by atoms with Crippen molar-refractivity contribution in [2.24, 2.45) is 0 Å². The van der Waals surface area contributed by atoms with Gasteiger partial charge in [-0.25, -0.2) is 0 Å². The van der Waals surface area contributed by atoms with Crippen LogP contribution >= 0.6 is 7.92 Å². The molecule has 172 valence electrons. The van der Waals surface area contributed by atoms with E-state index in [9.17, 15) is 4.79 Å². The Bertz CT molecular complexity index is 1150. The molecular weight excluding hydrogens is 430 g/mol. The van der Waals surface area contributed by atoms with E-state index >= 15 is 0 Å². The summed E-state index contributed by atoms with van der Waals surface area (Å²) in [7, 11) is 4.96. The zero-order valence-corrected chi connectivity index (χ0v) is 22.3. The second kappa shape index (κ2) is 11.2. The van der Waals surface area contributed by atoms with E-state index in [2.05, 4.69) is 84.5 Å². The summed E-state index contributed by atoms with van der Waals surface area (Å²) < 4.78 is 0. The van der Waals surface area contributed by atoms with E-state index in [1.54, 1.807) is 0 Å². The fraction of sp³-hybridized carbons (Fsp3) is 0.323. The van der Waals surface area contributed by atoms with E-state index in [0.29, 0.717) is 0 Å². The van der Waals surface area contributed by atoms with E-state index in [4.69, 9.17) is 7.85 Å². The molecule has 2 atom stereocenters. The fourth-order valence-corrected chi connectivity index (χ4v) is 7.18. The third-order valence-corrected chi connectivity index (χ3v) is 8.62. The summed E-state index contributed by atoms with van der Waals surface area (Å²) in [5.41, 5.74) is 8.75. The molecule has 3 rings (SSSR count). The molecule has 3 aromatic carbocycles. The Morgan fingerprint density at radius 3 is 2.06 bits per heavy atom. The number of carbonyl (C=O) groups excluding carboxylic acids is 1. The predicted octanol–water partition coefficient (Wildman–Crippen LogP) is 7.71. The highest BCUT2D eigenvalue weighted by molar-refractivity contribution is 7.90. The number of carbonyl (C=O) groups is 1. The van der Waals surface area contributed by atoms with Crippen LogP contribution in [0.5, 0.6) is 0 Å². The Kier molecular flexibility index (Phi) is 8.57. The van der Waals surface area contributed by atoms with Gasteiger partial charge in [0.15, 0.2) is 5.52 Å². The summed E-state index contributed by atoms with van der Waals surface area (Å²) in [4.78, 5) is 14.2. The van der Waals surface area contributed by atoms with Crippen LogP contribution in [0, 0.1) is 39.8 Å². The smallest absolute Gasteiger partial charge is 0.193 e. The van der Waals surface area contributed by atoms with Gasteiger partial charge in [0.1, 0.15) is 0 Å². The molecule has 0 amide bonds. The van der Waals surface area contributed by atoms with Crippen molar-refractivity contribution in [3.05, 3.63) is 106 Å². The SMILES string of the molecule is [B]C(CC)c1cc(C)c(C(=C)P(C(=O)c2c(C)cc(CCC)cc2C)c2cc#ccc2)c(C)c1. The van der Waals surface area contributed by atoms with Gasteiger partial charge >= 0.3 is 0 Å². The first kappa shape index (κ1) is 26.0. The number of hydrogen-bond donors (Lipinski definition) is 0. The molecule has 0 fully saturated rings. The molecular formula is C31H34BOP. The lowest BCUT2D eigenvalue weighted by Gasteiger charge is -2.25. The normalized spacial score (nSPS) is 12.6. The topological polar surface area (TPSA) is 17.1 Å². The predicted molar refractivity (Wildman–Crippen MR) is 149 cm³/mol. The third-order valence-electron chi connectivity index (χ3n) is 6.43. The summed E-state index contributed by atoms with van der Waals surface area (Å²) in [6, 6.07) is 20.4. The molecule has 3 heteroatoms. The van der Waals surface area contributed by atoms with Gasteiger partial charge in [-0.3, -0.25) is 4.79 Å². The van der Waals surface area contributed by atoms with E-state index in [1.165, 1.54) is 5.56 Å². The lowest BCUT2D eigenvalue weighted by Crippen LogP contribution is -2.13. The molecule has 2 radical (unpaired) electrons. The van der Waals surface area contributed by atoms with Gasteiger partial charge in [-0.2, -0.15) is 0 Å². The first-order chi connectivity index (χ1) is 16.2. The van der Waals surface area contributed by atoms with Gasteiger partial charge in [0, 0.05) is 13.5 Å². The van der Waals surface area contributed by atoms with Crippen molar-refractivity contribution < 1.29 is 4.79 Å². The Morgan fingerprint density at radius 2 is 1.56 bits per heavy atom. The second-order valence-corrected chi connectivity index (χ2v) is 11.3. The molecule has 0 saturated carbocycles. The third kappa shape index (κ3) is 5.37. The monoisotopic (exact) mass is 464 g/mol. The highest BCUT2D eigenvalue weighted by Gasteiger charge is 2.29. The highest BCUT2D eigenvalue weighted by atomic mass is 31.1. The van der Waals surface area contributed by atoms with Crippen LogP contribution in [0.2, 0.25) is 0 Å². The molecule has 2 unspecified atom stereocenters. The largest absolute Gasteiger partial charge is 0.288 e. The van der Waals surface area contributed by atoms with Crippen molar-refractivity contribution in [2.75, 3.05) is 0 Å². The number of hydrogen-bond acceptors (Lipinski definition) is 1. The minimum atomic E-state index is -1.36. The molecule has 1 nitrogen and oxygen atoms in total. The molecule has 0 saturated heterocycles. The summed E-state index contributed by atoms with van der Waals surface area (Å²) in [6.45, 7) is 17.1. The van der Waals surface area contributed by atoms with Gasteiger partial charge in [0.2, 0.25) is 0 Å². The van der Waals surface area contributed by atoms with Crippen molar-refractivity contribution in [3.63, 3.8) is 0 Å². The Morgan fingerprint density at radius 1 is 0.971 bits per heavy atom. The van der Waals surface area contributed by atoms with Crippen LogP contribution < -0.4 is 5.30 Å². The van der Waals surface area contributed by atoms with Crippen LogP contribution in [0.15, 0.2) is 49.0 Å². The Hall–Kier alpha value is -2.62. The number of aryl methyl sites for hydroxylation is 5. The summed E-state index contributed by atoms with van der Waals surface area (Å²) in [5, 5.41) is 1.83. The number of benzene rings is 2. The molecule has 34 heavy (non-hydrogen) atoms. The van der Waals surface area contributed by atoms with Gasteiger partial charge in [-0.05, 0) is 96.3 Å².